The average Bonchev–Trinajstić information content (AvgIpc) is 3.59. The van der Waals surface area contributed by atoms with Crippen molar-refractivity contribution in [3.8, 4) is 5.00 Å². The summed E-state index contributed by atoms with van der Waals surface area (Å²) in [6.07, 6.45) is 2.69. The van der Waals surface area contributed by atoms with Crippen LogP contribution in [0, 0.1) is 6.92 Å². The highest BCUT2D eigenvalue weighted by molar-refractivity contribution is 7.15. The highest BCUT2D eigenvalue weighted by Gasteiger charge is 2.24. The van der Waals surface area contributed by atoms with Crippen molar-refractivity contribution >= 4 is 45.5 Å². The van der Waals surface area contributed by atoms with Gasteiger partial charge < -0.3 is 9.88 Å². The van der Waals surface area contributed by atoms with Gasteiger partial charge in [-0.3, -0.25) is 14.2 Å². The maximum Gasteiger partial charge on any atom is 0.240 e. The highest BCUT2D eigenvalue weighted by atomic mass is 35.5. The van der Waals surface area contributed by atoms with E-state index in [1.54, 1.807) is 24.3 Å². The standard InChI is InChI=1S/C27H24ClN5O2S/c1-3-19-14-21(26(35)20-9-5-6-10-22(20)28)27(36-19)33-17(2)30-31-24(33)15-29-25(34)16-32-13-12-18-8-4-7-11-23(18)32/h4-14H,3,15-16H2,1-2H3,(H,29,34). The van der Waals surface area contributed by atoms with E-state index in [1.807, 2.05) is 65.6 Å². The van der Waals surface area contributed by atoms with Crippen molar-refractivity contribution in [2.24, 2.45) is 0 Å². The van der Waals surface area contributed by atoms with Crippen molar-refractivity contribution in [1.29, 1.82) is 0 Å². The summed E-state index contributed by atoms with van der Waals surface area (Å²) in [5.74, 6) is 0.884. The summed E-state index contributed by atoms with van der Waals surface area (Å²) in [4.78, 5) is 27.3. The first-order valence-electron chi connectivity index (χ1n) is 11.6. The molecule has 36 heavy (non-hydrogen) atoms. The number of hydrogen-bond donors (Lipinski definition) is 1. The maximum absolute atomic E-state index is 13.5. The molecule has 0 aliphatic rings. The van der Waals surface area contributed by atoms with Gasteiger partial charge in [-0.1, -0.05) is 48.9 Å². The first kappa shape index (κ1) is 24.0. The first-order chi connectivity index (χ1) is 17.5. The lowest BCUT2D eigenvalue weighted by atomic mass is 10.0. The molecule has 0 aliphatic carbocycles. The third-order valence-corrected chi connectivity index (χ3v) is 7.60. The Hall–Kier alpha value is -3.75. The Balaban J connectivity index is 1.41. The molecule has 0 atom stereocenters. The van der Waals surface area contributed by atoms with Gasteiger partial charge in [0.25, 0.3) is 0 Å². The molecule has 9 heteroatoms. The molecule has 2 aromatic carbocycles. The van der Waals surface area contributed by atoms with Crippen LogP contribution < -0.4 is 5.32 Å². The van der Waals surface area contributed by atoms with Gasteiger partial charge >= 0.3 is 0 Å². The van der Waals surface area contributed by atoms with Crippen LogP contribution in [0.1, 0.15) is 39.4 Å². The quantitative estimate of drug-likeness (QED) is 0.281. The average molecular weight is 518 g/mol. The van der Waals surface area contributed by atoms with E-state index in [2.05, 4.69) is 15.5 Å². The number of hydrogen-bond acceptors (Lipinski definition) is 5. The van der Waals surface area contributed by atoms with Crippen molar-refractivity contribution < 1.29 is 9.59 Å². The number of nitrogens with one attached hydrogen (secondary N) is 1. The number of para-hydroxylation sites is 1. The molecule has 3 heterocycles. The fraction of sp³-hybridized carbons (Fsp3) is 0.185. The fourth-order valence-electron chi connectivity index (χ4n) is 4.18. The molecule has 0 radical (unpaired) electrons. The lowest BCUT2D eigenvalue weighted by Crippen LogP contribution is -2.28. The largest absolute Gasteiger partial charge is 0.347 e. The molecule has 1 N–H and O–H groups in total. The van der Waals surface area contributed by atoms with E-state index >= 15 is 0 Å². The number of carbonyl (C=O) groups is 2. The topological polar surface area (TPSA) is 81.8 Å². The van der Waals surface area contributed by atoms with Gasteiger partial charge in [-0.05, 0) is 49.1 Å². The first-order valence-corrected chi connectivity index (χ1v) is 12.8. The van der Waals surface area contributed by atoms with Crippen molar-refractivity contribution in [2.45, 2.75) is 33.4 Å². The molecule has 182 valence electrons. The van der Waals surface area contributed by atoms with Crippen LogP contribution in [0.15, 0.2) is 66.9 Å². The monoisotopic (exact) mass is 517 g/mol. The van der Waals surface area contributed by atoms with Crippen LogP contribution in [0.25, 0.3) is 15.9 Å². The highest BCUT2D eigenvalue weighted by Crippen LogP contribution is 2.32. The van der Waals surface area contributed by atoms with E-state index in [0.717, 1.165) is 27.2 Å². The van der Waals surface area contributed by atoms with E-state index in [1.165, 1.54) is 11.3 Å². The van der Waals surface area contributed by atoms with Crippen LogP contribution in [0.4, 0.5) is 0 Å². The predicted molar refractivity (Wildman–Crippen MR) is 142 cm³/mol. The van der Waals surface area contributed by atoms with Crippen LogP contribution in [-0.4, -0.2) is 31.0 Å². The minimum absolute atomic E-state index is 0.142. The number of ketones is 1. The number of benzene rings is 2. The van der Waals surface area contributed by atoms with Gasteiger partial charge in [-0.15, -0.1) is 21.5 Å². The molecule has 7 nitrogen and oxygen atoms in total. The smallest absolute Gasteiger partial charge is 0.240 e. The number of fused-ring (bicyclic) bond motifs is 1. The number of carbonyl (C=O) groups excluding carboxylic acids is 2. The Morgan fingerprint density at radius 1 is 1.03 bits per heavy atom. The second-order valence-electron chi connectivity index (χ2n) is 8.37. The number of thiophene rings is 1. The van der Waals surface area contributed by atoms with Crippen molar-refractivity contribution in [3.05, 3.63) is 99.5 Å². The summed E-state index contributed by atoms with van der Waals surface area (Å²) in [5, 5.41) is 13.7. The van der Waals surface area contributed by atoms with Crippen molar-refractivity contribution in [1.82, 2.24) is 24.6 Å². The molecule has 0 bridgehead atoms. The minimum Gasteiger partial charge on any atom is -0.347 e. The molecule has 0 fully saturated rings. The Labute approximate surface area is 217 Å². The summed E-state index contributed by atoms with van der Waals surface area (Å²) in [7, 11) is 0. The zero-order valence-electron chi connectivity index (χ0n) is 19.9. The number of rotatable bonds is 8. The Morgan fingerprint density at radius 3 is 2.61 bits per heavy atom. The summed E-state index contributed by atoms with van der Waals surface area (Å²) in [6, 6.07) is 18.9. The number of aryl methyl sites for hydroxylation is 2. The van der Waals surface area contributed by atoms with Gasteiger partial charge in [0.05, 0.1) is 17.1 Å². The Kier molecular flexibility index (Phi) is 6.71. The third kappa shape index (κ3) is 4.57. The zero-order chi connectivity index (χ0) is 25.2. The summed E-state index contributed by atoms with van der Waals surface area (Å²) < 4.78 is 3.76. The molecule has 0 unspecified atom stereocenters. The van der Waals surface area contributed by atoms with E-state index in [-0.39, 0.29) is 24.8 Å². The minimum atomic E-state index is -0.158. The lowest BCUT2D eigenvalue weighted by Gasteiger charge is -2.11. The van der Waals surface area contributed by atoms with Gasteiger partial charge in [-0.25, -0.2) is 0 Å². The Bertz CT molecular complexity index is 1580. The number of halogens is 1. The second-order valence-corrected chi connectivity index (χ2v) is 9.89. The number of aromatic nitrogens is 4. The molecule has 0 saturated carbocycles. The van der Waals surface area contributed by atoms with Crippen molar-refractivity contribution in [3.63, 3.8) is 0 Å². The van der Waals surface area contributed by atoms with E-state index < -0.39 is 0 Å². The van der Waals surface area contributed by atoms with Crippen LogP contribution >= 0.6 is 22.9 Å². The fourth-order valence-corrected chi connectivity index (χ4v) is 5.56. The van der Waals surface area contributed by atoms with Gasteiger partial charge in [-0.2, -0.15) is 0 Å². The molecule has 0 spiro atoms. The van der Waals surface area contributed by atoms with Gasteiger partial charge in [0.2, 0.25) is 5.91 Å². The maximum atomic E-state index is 13.5. The van der Waals surface area contributed by atoms with Gasteiger partial charge in [0.15, 0.2) is 11.6 Å². The van der Waals surface area contributed by atoms with Crippen LogP contribution in [-0.2, 0) is 24.3 Å². The molecule has 3 aromatic heterocycles. The van der Waals surface area contributed by atoms with E-state index in [9.17, 15) is 9.59 Å². The Morgan fingerprint density at radius 2 is 1.81 bits per heavy atom. The molecular formula is C27H24ClN5O2S. The van der Waals surface area contributed by atoms with Crippen LogP contribution in [0.3, 0.4) is 0 Å². The molecule has 0 aliphatic heterocycles. The zero-order valence-corrected chi connectivity index (χ0v) is 21.4. The van der Waals surface area contributed by atoms with E-state index in [4.69, 9.17) is 11.6 Å². The lowest BCUT2D eigenvalue weighted by molar-refractivity contribution is -0.121. The molecular weight excluding hydrogens is 494 g/mol. The molecule has 5 rings (SSSR count). The summed E-state index contributed by atoms with van der Waals surface area (Å²) >= 11 is 7.85. The molecule has 1 amide bonds. The number of amides is 1. The van der Waals surface area contributed by atoms with Gasteiger partial charge in [0.1, 0.15) is 17.4 Å². The van der Waals surface area contributed by atoms with Crippen LogP contribution in [0.5, 0.6) is 0 Å². The summed E-state index contributed by atoms with van der Waals surface area (Å²) in [6.45, 7) is 4.25. The van der Waals surface area contributed by atoms with Gasteiger partial charge in [0, 0.05) is 22.2 Å². The molecule has 0 saturated heterocycles. The SMILES string of the molecule is CCc1cc(C(=O)c2ccccc2Cl)c(-n2c(C)nnc2CNC(=O)Cn2ccc3ccccc32)s1. The predicted octanol–water partition coefficient (Wildman–Crippen LogP) is 5.36. The number of nitrogens with zero attached hydrogens (tertiary/aromatic N) is 4. The summed E-state index contributed by atoms with van der Waals surface area (Å²) in [5.41, 5.74) is 1.99. The second kappa shape index (κ2) is 10.1. The molecule has 5 aromatic rings. The van der Waals surface area contributed by atoms with Crippen molar-refractivity contribution in [2.75, 3.05) is 0 Å². The third-order valence-electron chi connectivity index (χ3n) is 6.01. The van der Waals surface area contributed by atoms with E-state index in [0.29, 0.717) is 27.8 Å². The normalized spacial score (nSPS) is 11.2. The van der Waals surface area contributed by atoms with Crippen LogP contribution in [0.2, 0.25) is 5.02 Å².